The van der Waals surface area contributed by atoms with Crippen molar-refractivity contribution in [3.05, 3.63) is 30.1 Å². The van der Waals surface area contributed by atoms with Crippen LogP contribution in [0.4, 0.5) is 0 Å². The van der Waals surface area contributed by atoms with Crippen molar-refractivity contribution in [2.24, 2.45) is 0 Å². The molecule has 1 N–H and O–H groups in total. The Bertz CT molecular complexity index is 393. The molecule has 0 atom stereocenters. The molecule has 3 nitrogen and oxygen atoms in total. The first-order valence-corrected chi connectivity index (χ1v) is 7.78. The van der Waals surface area contributed by atoms with Gasteiger partial charge >= 0.3 is 0 Å². The fraction of sp³-hybridized carbons (Fsp3) is 0.706. The van der Waals surface area contributed by atoms with Crippen molar-refractivity contribution in [2.45, 2.75) is 64.0 Å². The minimum Gasteiger partial charge on any atom is -0.375 e. The largest absolute Gasteiger partial charge is 0.375 e. The fourth-order valence-corrected chi connectivity index (χ4v) is 2.62. The second-order valence-corrected chi connectivity index (χ2v) is 6.88. The van der Waals surface area contributed by atoms with E-state index in [1.54, 1.807) is 0 Å². The van der Waals surface area contributed by atoms with Crippen molar-refractivity contribution in [3.63, 3.8) is 0 Å². The first-order chi connectivity index (χ1) is 9.49. The molecule has 0 aliphatic heterocycles. The van der Waals surface area contributed by atoms with Crippen molar-refractivity contribution < 1.29 is 4.74 Å². The smallest absolute Gasteiger partial charge is 0.0694 e. The van der Waals surface area contributed by atoms with Crippen LogP contribution >= 0.6 is 0 Å². The van der Waals surface area contributed by atoms with Crippen LogP contribution in [-0.4, -0.2) is 29.3 Å². The summed E-state index contributed by atoms with van der Waals surface area (Å²) in [4.78, 5) is 4.34. The quantitative estimate of drug-likeness (QED) is 0.829. The van der Waals surface area contributed by atoms with Gasteiger partial charge in [0.25, 0.3) is 0 Å². The molecule has 0 spiro atoms. The third kappa shape index (κ3) is 4.88. The molecule has 1 aromatic heterocycles. The van der Waals surface area contributed by atoms with Crippen LogP contribution in [0.15, 0.2) is 24.4 Å². The molecule has 0 saturated heterocycles. The summed E-state index contributed by atoms with van der Waals surface area (Å²) in [6.07, 6.45) is 7.60. The Morgan fingerprint density at radius 2 is 2.10 bits per heavy atom. The second-order valence-electron chi connectivity index (χ2n) is 6.88. The third-order valence-electron chi connectivity index (χ3n) is 3.99. The monoisotopic (exact) mass is 276 g/mol. The molecule has 0 unspecified atom stereocenters. The Morgan fingerprint density at radius 1 is 1.30 bits per heavy atom. The molecular formula is C17H28N2O. The van der Waals surface area contributed by atoms with Gasteiger partial charge in [0.05, 0.1) is 12.2 Å². The Labute approximate surface area is 123 Å². The predicted octanol–water partition coefficient (Wildman–Crippen LogP) is 3.34. The van der Waals surface area contributed by atoms with Gasteiger partial charge in [-0.2, -0.15) is 0 Å². The summed E-state index contributed by atoms with van der Waals surface area (Å²) < 4.78 is 6.20. The number of ether oxygens (including phenoxy) is 1. The molecule has 1 saturated carbocycles. The van der Waals surface area contributed by atoms with Gasteiger partial charge in [0.2, 0.25) is 0 Å². The lowest BCUT2D eigenvalue weighted by atomic mass is 9.77. The molecule has 20 heavy (non-hydrogen) atoms. The Hall–Kier alpha value is -0.930. The minimum atomic E-state index is 0.132. The topological polar surface area (TPSA) is 34.1 Å². The van der Waals surface area contributed by atoms with E-state index in [1.165, 1.54) is 19.3 Å². The van der Waals surface area contributed by atoms with E-state index in [-0.39, 0.29) is 11.1 Å². The lowest BCUT2D eigenvalue weighted by Gasteiger charge is -2.42. The molecular weight excluding hydrogens is 248 g/mol. The number of aromatic nitrogens is 1. The van der Waals surface area contributed by atoms with Crippen molar-refractivity contribution in [1.29, 1.82) is 0 Å². The maximum Gasteiger partial charge on any atom is 0.0694 e. The van der Waals surface area contributed by atoms with E-state index >= 15 is 0 Å². The van der Waals surface area contributed by atoms with E-state index < -0.39 is 0 Å². The first kappa shape index (κ1) is 15.5. The number of rotatable bonds is 7. The summed E-state index contributed by atoms with van der Waals surface area (Å²) in [5.74, 6) is 0. The summed E-state index contributed by atoms with van der Waals surface area (Å²) >= 11 is 0. The van der Waals surface area contributed by atoms with Crippen molar-refractivity contribution >= 4 is 0 Å². The molecule has 3 heteroatoms. The van der Waals surface area contributed by atoms with Crippen LogP contribution < -0.4 is 5.32 Å². The summed E-state index contributed by atoms with van der Waals surface area (Å²) in [6, 6.07) is 6.06. The van der Waals surface area contributed by atoms with Gasteiger partial charge in [0.15, 0.2) is 0 Å². The van der Waals surface area contributed by atoms with Crippen LogP contribution in [0.1, 0.15) is 52.1 Å². The van der Waals surface area contributed by atoms with Crippen LogP contribution in [0, 0.1) is 0 Å². The van der Waals surface area contributed by atoms with Gasteiger partial charge in [0.1, 0.15) is 0 Å². The molecule has 1 aliphatic carbocycles. The zero-order valence-electron chi connectivity index (χ0n) is 13.1. The van der Waals surface area contributed by atoms with E-state index in [2.05, 4.69) is 37.1 Å². The normalized spacial score (nSPS) is 17.8. The van der Waals surface area contributed by atoms with Crippen molar-refractivity contribution in [3.8, 4) is 0 Å². The summed E-state index contributed by atoms with van der Waals surface area (Å²) in [5.41, 5.74) is 1.45. The summed E-state index contributed by atoms with van der Waals surface area (Å²) in [7, 11) is 0. The van der Waals surface area contributed by atoms with E-state index in [0.29, 0.717) is 0 Å². The number of nitrogens with zero attached hydrogens (tertiary/aromatic N) is 1. The van der Waals surface area contributed by atoms with Gasteiger partial charge < -0.3 is 10.1 Å². The number of nitrogens with one attached hydrogen (secondary N) is 1. The molecule has 1 fully saturated rings. The lowest BCUT2D eigenvalue weighted by molar-refractivity contribution is -0.104. The van der Waals surface area contributed by atoms with E-state index in [4.69, 9.17) is 4.74 Å². The molecule has 1 heterocycles. The van der Waals surface area contributed by atoms with Crippen molar-refractivity contribution in [1.82, 2.24) is 10.3 Å². The molecule has 0 bridgehead atoms. The molecule has 1 aliphatic rings. The molecule has 1 aromatic rings. The average molecular weight is 276 g/mol. The highest BCUT2D eigenvalue weighted by Crippen LogP contribution is 2.38. The molecule has 2 rings (SSSR count). The van der Waals surface area contributed by atoms with Gasteiger partial charge in [-0.05, 0) is 65.1 Å². The minimum absolute atomic E-state index is 0.132. The number of hydrogen-bond acceptors (Lipinski definition) is 3. The van der Waals surface area contributed by atoms with Crippen LogP contribution in [-0.2, 0) is 11.2 Å². The van der Waals surface area contributed by atoms with Gasteiger partial charge in [-0.25, -0.2) is 0 Å². The first-order valence-electron chi connectivity index (χ1n) is 7.78. The molecule has 0 aromatic carbocycles. The zero-order chi connectivity index (χ0) is 14.5. The predicted molar refractivity (Wildman–Crippen MR) is 82.8 cm³/mol. The van der Waals surface area contributed by atoms with Gasteiger partial charge in [-0.1, -0.05) is 6.07 Å². The molecule has 0 radical (unpaired) electrons. The maximum atomic E-state index is 6.20. The van der Waals surface area contributed by atoms with Crippen LogP contribution in [0.25, 0.3) is 0 Å². The standard InChI is InChI=1S/C17H28N2O/c1-16(2,3)19-13-11-17(9-6-10-17)20-14-8-15-7-4-5-12-18-15/h4-5,7,12,19H,6,8-11,13-14H2,1-3H3. The van der Waals surface area contributed by atoms with Gasteiger partial charge in [-0.3, -0.25) is 4.98 Å². The van der Waals surface area contributed by atoms with E-state index in [1.807, 2.05) is 18.3 Å². The maximum absolute atomic E-state index is 6.20. The Kier molecular flexibility index (Phi) is 5.17. The highest BCUT2D eigenvalue weighted by Gasteiger charge is 2.37. The van der Waals surface area contributed by atoms with E-state index in [0.717, 1.165) is 31.7 Å². The SMILES string of the molecule is CC(C)(C)NCCC1(OCCc2ccccn2)CCC1. The molecule has 112 valence electrons. The second kappa shape index (κ2) is 6.68. The number of pyridine rings is 1. The van der Waals surface area contributed by atoms with Gasteiger partial charge in [0, 0.05) is 23.9 Å². The Balaban J connectivity index is 1.71. The Morgan fingerprint density at radius 3 is 2.65 bits per heavy atom. The molecule has 0 amide bonds. The van der Waals surface area contributed by atoms with Crippen molar-refractivity contribution in [2.75, 3.05) is 13.2 Å². The lowest BCUT2D eigenvalue weighted by Crippen LogP contribution is -2.45. The average Bonchev–Trinajstić information content (AvgIpc) is 2.35. The van der Waals surface area contributed by atoms with E-state index in [9.17, 15) is 0 Å². The van der Waals surface area contributed by atoms with Crippen LogP contribution in [0.2, 0.25) is 0 Å². The third-order valence-corrected chi connectivity index (χ3v) is 3.99. The van der Waals surface area contributed by atoms with Crippen LogP contribution in [0.5, 0.6) is 0 Å². The summed E-state index contributed by atoms with van der Waals surface area (Å²) in [6.45, 7) is 8.45. The summed E-state index contributed by atoms with van der Waals surface area (Å²) in [5, 5.41) is 3.56. The fourth-order valence-electron chi connectivity index (χ4n) is 2.62. The highest BCUT2D eigenvalue weighted by atomic mass is 16.5. The number of hydrogen-bond donors (Lipinski definition) is 1. The van der Waals surface area contributed by atoms with Gasteiger partial charge in [-0.15, -0.1) is 0 Å². The zero-order valence-corrected chi connectivity index (χ0v) is 13.1. The van der Waals surface area contributed by atoms with Crippen LogP contribution in [0.3, 0.4) is 0 Å². The highest BCUT2D eigenvalue weighted by molar-refractivity contribution is 5.03.